The highest BCUT2D eigenvalue weighted by molar-refractivity contribution is 9.11. The topological polar surface area (TPSA) is 43.1 Å². The van der Waals surface area contributed by atoms with Crippen molar-refractivity contribution in [1.29, 1.82) is 0 Å². The van der Waals surface area contributed by atoms with Gasteiger partial charge < -0.3 is 0 Å². The van der Waals surface area contributed by atoms with Crippen molar-refractivity contribution in [2.75, 3.05) is 5.75 Å². The molecule has 24 heavy (non-hydrogen) atoms. The summed E-state index contributed by atoms with van der Waals surface area (Å²) in [4.78, 5) is 0. The monoisotopic (exact) mass is 414 g/mol. The van der Waals surface area contributed by atoms with Crippen LogP contribution in [0, 0.1) is 0 Å². The van der Waals surface area contributed by atoms with Crippen molar-refractivity contribution in [3.63, 3.8) is 0 Å². The maximum Gasteiger partial charge on any atom is 0.185 e. The molecule has 0 saturated heterocycles. The van der Waals surface area contributed by atoms with Gasteiger partial charge in [-0.2, -0.15) is 9.61 Å². The lowest BCUT2D eigenvalue weighted by Gasteiger charge is -2.06. The van der Waals surface area contributed by atoms with Crippen LogP contribution in [0.5, 0.6) is 0 Å². The first-order valence-corrected chi connectivity index (χ1v) is 10.1. The Balaban J connectivity index is 1.78. The summed E-state index contributed by atoms with van der Waals surface area (Å²) in [5.41, 5.74) is 5.31. The van der Waals surface area contributed by atoms with Gasteiger partial charge in [0.25, 0.3) is 0 Å². The normalized spacial score (nSPS) is 13.5. The maximum atomic E-state index is 4.93. The average Bonchev–Trinajstić information content (AvgIpc) is 3.13. The van der Waals surface area contributed by atoms with Crippen LogP contribution in [0.25, 0.3) is 28.3 Å². The van der Waals surface area contributed by atoms with Crippen LogP contribution >= 0.6 is 39.0 Å². The standard InChI is InChI=1S/C17H11BrN4S2/c18-13-9-12-15-11(6-7-23-17(12)24-13)8-14-19-20-16(22(14)21-15)10-4-2-1-3-5-10/h1-5,8-9H,6-7H2. The van der Waals surface area contributed by atoms with Gasteiger partial charge in [0.15, 0.2) is 11.5 Å². The minimum absolute atomic E-state index is 0.779. The number of thioether (sulfide) groups is 1. The lowest BCUT2D eigenvalue weighted by atomic mass is 10.1. The van der Waals surface area contributed by atoms with Gasteiger partial charge in [0.2, 0.25) is 0 Å². The van der Waals surface area contributed by atoms with Crippen molar-refractivity contribution in [3.05, 3.63) is 51.8 Å². The Hall–Kier alpha value is -1.70. The van der Waals surface area contributed by atoms with E-state index in [0.717, 1.165) is 38.7 Å². The van der Waals surface area contributed by atoms with E-state index in [1.165, 1.54) is 15.3 Å². The van der Waals surface area contributed by atoms with Crippen molar-refractivity contribution in [2.24, 2.45) is 0 Å². The molecular weight excluding hydrogens is 404 g/mol. The molecule has 0 N–H and O–H groups in total. The lowest BCUT2D eigenvalue weighted by molar-refractivity contribution is 0.924. The van der Waals surface area contributed by atoms with Crippen LogP contribution in [-0.4, -0.2) is 25.6 Å². The fraction of sp³-hybridized carbons (Fsp3) is 0.118. The maximum absolute atomic E-state index is 4.93. The van der Waals surface area contributed by atoms with Crippen molar-refractivity contribution in [3.8, 4) is 22.6 Å². The van der Waals surface area contributed by atoms with E-state index < -0.39 is 0 Å². The minimum atomic E-state index is 0.779. The molecule has 1 aliphatic rings. The van der Waals surface area contributed by atoms with E-state index in [1.54, 1.807) is 11.3 Å². The molecule has 0 atom stereocenters. The second kappa shape index (κ2) is 5.68. The van der Waals surface area contributed by atoms with Gasteiger partial charge in [-0.25, -0.2) is 0 Å². The lowest BCUT2D eigenvalue weighted by Crippen LogP contribution is -2.01. The van der Waals surface area contributed by atoms with Gasteiger partial charge in [-0.05, 0) is 40.0 Å². The number of thiophene rings is 1. The number of aromatic nitrogens is 4. The van der Waals surface area contributed by atoms with Gasteiger partial charge in [0.05, 0.1) is 13.7 Å². The zero-order chi connectivity index (χ0) is 16.1. The van der Waals surface area contributed by atoms with Gasteiger partial charge in [0, 0.05) is 16.9 Å². The Morgan fingerprint density at radius 3 is 2.83 bits per heavy atom. The predicted octanol–water partition coefficient (Wildman–Crippen LogP) is 4.93. The fourth-order valence-corrected chi connectivity index (χ4v) is 6.15. The van der Waals surface area contributed by atoms with Crippen LogP contribution in [0.3, 0.4) is 0 Å². The first-order chi connectivity index (χ1) is 11.8. The Morgan fingerprint density at radius 2 is 1.96 bits per heavy atom. The zero-order valence-corrected chi connectivity index (χ0v) is 15.7. The molecule has 4 heterocycles. The van der Waals surface area contributed by atoms with Gasteiger partial charge in [-0.1, -0.05) is 30.3 Å². The highest BCUT2D eigenvalue weighted by Crippen LogP contribution is 2.44. The third-order valence-electron chi connectivity index (χ3n) is 4.03. The molecule has 7 heteroatoms. The first-order valence-electron chi connectivity index (χ1n) is 7.53. The summed E-state index contributed by atoms with van der Waals surface area (Å²) in [5, 5.41) is 13.6. The molecule has 0 radical (unpaired) electrons. The quantitative estimate of drug-likeness (QED) is 0.442. The van der Waals surface area contributed by atoms with Crippen LogP contribution in [0.2, 0.25) is 0 Å². The van der Waals surface area contributed by atoms with Crippen LogP contribution in [0.4, 0.5) is 0 Å². The highest BCUT2D eigenvalue weighted by atomic mass is 79.9. The van der Waals surface area contributed by atoms with Crippen molar-refractivity contribution < 1.29 is 0 Å². The zero-order valence-electron chi connectivity index (χ0n) is 12.4. The fourth-order valence-electron chi connectivity index (χ4n) is 2.92. The second-order valence-electron chi connectivity index (χ2n) is 5.53. The summed E-state index contributed by atoms with van der Waals surface area (Å²) in [6.07, 6.45) is 0.996. The van der Waals surface area contributed by atoms with Crippen LogP contribution in [-0.2, 0) is 6.42 Å². The van der Waals surface area contributed by atoms with Gasteiger partial charge in [-0.3, -0.25) is 0 Å². The number of hydrogen-bond acceptors (Lipinski definition) is 5. The number of hydrogen-bond donors (Lipinski definition) is 0. The summed E-state index contributed by atoms with van der Waals surface area (Å²) < 4.78 is 4.32. The SMILES string of the molecule is Brc1cc2c(s1)SCCc1cc3nnc(-c4ccccc4)n3nc1-2. The molecule has 0 spiro atoms. The molecule has 0 saturated carbocycles. The molecular formula is C17H11BrN4S2. The van der Waals surface area contributed by atoms with E-state index in [-0.39, 0.29) is 0 Å². The molecule has 118 valence electrons. The van der Waals surface area contributed by atoms with Crippen molar-refractivity contribution in [2.45, 2.75) is 10.6 Å². The molecule has 4 aromatic rings. The molecule has 3 aromatic heterocycles. The number of benzene rings is 1. The Labute approximate surface area is 155 Å². The summed E-state index contributed by atoms with van der Waals surface area (Å²) in [6.45, 7) is 0. The molecule has 0 amide bonds. The largest absolute Gasteiger partial charge is 0.192 e. The summed E-state index contributed by atoms with van der Waals surface area (Å²) in [5.74, 6) is 1.84. The van der Waals surface area contributed by atoms with Gasteiger partial charge in [-0.15, -0.1) is 33.3 Å². The molecule has 5 rings (SSSR count). The predicted molar refractivity (Wildman–Crippen MR) is 102 cm³/mol. The Morgan fingerprint density at radius 1 is 1.08 bits per heavy atom. The summed E-state index contributed by atoms with van der Waals surface area (Å²) in [6, 6.07) is 14.4. The summed E-state index contributed by atoms with van der Waals surface area (Å²) in [7, 11) is 0. The molecule has 4 nitrogen and oxygen atoms in total. The van der Waals surface area contributed by atoms with E-state index in [9.17, 15) is 0 Å². The van der Waals surface area contributed by atoms with Gasteiger partial charge >= 0.3 is 0 Å². The van der Waals surface area contributed by atoms with E-state index in [2.05, 4.69) is 38.3 Å². The van der Waals surface area contributed by atoms with Crippen molar-refractivity contribution >= 4 is 44.7 Å². The van der Waals surface area contributed by atoms with Gasteiger partial charge in [0.1, 0.15) is 0 Å². The average molecular weight is 415 g/mol. The smallest absolute Gasteiger partial charge is 0.185 e. The molecule has 0 fully saturated rings. The minimum Gasteiger partial charge on any atom is -0.192 e. The first kappa shape index (κ1) is 14.6. The van der Waals surface area contributed by atoms with Crippen LogP contribution in [0.1, 0.15) is 5.56 Å². The Bertz CT molecular complexity index is 1060. The van der Waals surface area contributed by atoms with Crippen LogP contribution < -0.4 is 0 Å². The number of fused-ring (bicyclic) bond motifs is 4. The second-order valence-corrected chi connectivity index (χ2v) is 9.32. The third kappa shape index (κ3) is 2.30. The Kier molecular flexibility index (Phi) is 3.46. The molecule has 0 unspecified atom stereocenters. The third-order valence-corrected chi connectivity index (χ3v) is 6.96. The van der Waals surface area contributed by atoms with E-state index >= 15 is 0 Å². The highest BCUT2D eigenvalue weighted by Gasteiger charge is 2.21. The van der Waals surface area contributed by atoms with E-state index in [1.807, 2.05) is 46.6 Å². The van der Waals surface area contributed by atoms with Crippen molar-refractivity contribution in [1.82, 2.24) is 19.8 Å². The molecule has 0 aliphatic carbocycles. The molecule has 1 aromatic carbocycles. The number of nitrogens with zero attached hydrogens (tertiary/aromatic N) is 4. The molecule has 0 bridgehead atoms. The number of halogens is 1. The number of rotatable bonds is 1. The van der Waals surface area contributed by atoms with E-state index in [0.29, 0.717) is 0 Å². The van der Waals surface area contributed by atoms with E-state index in [4.69, 9.17) is 5.10 Å². The summed E-state index contributed by atoms with van der Waals surface area (Å²) >= 11 is 7.28. The molecule has 1 aliphatic heterocycles. The number of aryl methyl sites for hydroxylation is 1. The van der Waals surface area contributed by atoms with Crippen LogP contribution in [0.15, 0.2) is 50.5 Å².